The number of furan rings is 1. The first-order valence-corrected chi connectivity index (χ1v) is 11.5. The van der Waals surface area contributed by atoms with Crippen LogP contribution in [-0.4, -0.2) is 33.6 Å². The maximum absolute atomic E-state index is 13.0. The van der Waals surface area contributed by atoms with E-state index in [1.54, 1.807) is 29.2 Å². The van der Waals surface area contributed by atoms with Crippen molar-refractivity contribution in [2.45, 2.75) is 20.8 Å². The Labute approximate surface area is 200 Å². The Balaban J connectivity index is 1.64. The van der Waals surface area contributed by atoms with Crippen LogP contribution >= 0.6 is 23.4 Å². The average Bonchev–Trinajstić information content (AvgIpc) is 3.35. The van der Waals surface area contributed by atoms with Gasteiger partial charge in [0, 0.05) is 18.2 Å². The van der Waals surface area contributed by atoms with Crippen LogP contribution in [0.3, 0.4) is 0 Å². The van der Waals surface area contributed by atoms with Gasteiger partial charge in [-0.3, -0.25) is 9.69 Å². The fraction of sp³-hybridized carbons (Fsp3) is 0.160. The second-order valence-electron chi connectivity index (χ2n) is 7.55. The molecule has 3 aromatic rings. The number of aryl methyl sites for hydroxylation is 2. The smallest absolute Gasteiger partial charge is 0.337 e. The Hall–Kier alpha value is -3.29. The van der Waals surface area contributed by atoms with E-state index < -0.39 is 5.97 Å². The highest BCUT2D eigenvalue weighted by Gasteiger charge is 2.32. The van der Waals surface area contributed by atoms with Crippen LogP contribution in [0.4, 0.5) is 5.69 Å². The van der Waals surface area contributed by atoms with Gasteiger partial charge < -0.3 is 9.52 Å². The molecule has 0 radical (unpaired) electrons. The molecule has 168 valence electrons. The summed E-state index contributed by atoms with van der Waals surface area (Å²) in [4.78, 5) is 31.2. The number of thioether (sulfide) groups is 1. The Morgan fingerprint density at radius 3 is 2.70 bits per heavy atom. The van der Waals surface area contributed by atoms with Crippen LogP contribution in [-0.2, 0) is 4.79 Å². The molecule has 2 heterocycles. The van der Waals surface area contributed by atoms with Crippen molar-refractivity contribution in [2.24, 2.45) is 4.99 Å². The summed E-state index contributed by atoms with van der Waals surface area (Å²) < 4.78 is 5.88. The van der Waals surface area contributed by atoms with Gasteiger partial charge in [-0.2, -0.15) is 0 Å². The number of carboxylic acids is 1. The third-order valence-electron chi connectivity index (χ3n) is 5.17. The number of amides is 1. The number of carbonyl (C=O) groups excluding carboxylic acids is 1. The van der Waals surface area contributed by atoms with E-state index in [1.165, 1.54) is 23.9 Å². The second-order valence-corrected chi connectivity index (χ2v) is 8.96. The van der Waals surface area contributed by atoms with Crippen molar-refractivity contribution in [3.05, 3.63) is 80.9 Å². The van der Waals surface area contributed by atoms with Gasteiger partial charge in [0.15, 0.2) is 5.17 Å². The van der Waals surface area contributed by atoms with E-state index in [1.807, 2.05) is 39.0 Å². The average molecular weight is 481 g/mol. The van der Waals surface area contributed by atoms with E-state index in [9.17, 15) is 14.7 Å². The number of aromatic carboxylic acids is 1. The van der Waals surface area contributed by atoms with E-state index in [2.05, 4.69) is 0 Å². The quantitative estimate of drug-likeness (QED) is 0.419. The van der Waals surface area contributed by atoms with Crippen LogP contribution in [0.5, 0.6) is 0 Å². The summed E-state index contributed by atoms with van der Waals surface area (Å²) in [7, 11) is 0. The highest BCUT2D eigenvalue weighted by Crippen LogP contribution is 2.36. The zero-order valence-electron chi connectivity index (χ0n) is 18.3. The van der Waals surface area contributed by atoms with Gasteiger partial charge in [0.25, 0.3) is 5.91 Å². The normalized spacial score (nSPS) is 16.2. The standard InChI is InChI=1S/C25H21ClN2O4S/c1-4-28-23(29)22(33-25(28)27-20-11-14(2)5-6-15(20)3)13-17-8-10-21(32-17)16-7-9-19(26)18(12-16)24(30)31/h5-13H,4H2,1-3H3,(H,30,31)/b22-13+,27-25?. The molecule has 4 rings (SSSR count). The lowest BCUT2D eigenvalue weighted by Crippen LogP contribution is -2.28. The largest absolute Gasteiger partial charge is 0.478 e. The first-order chi connectivity index (χ1) is 15.8. The van der Waals surface area contributed by atoms with Crippen molar-refractivity contribution in [3.63, 3.8) is 0 Å². The third-order valence-corrected chi connectivity index (χ3v) is 6.50. The van der Waals surface area contributed by atoms with E-state index in [4.69, 9.17) is 21.0 Å². The maximum atomic E-state index is 13.0. The molecule has 1 saturated heterocycles. The van der Waals surface area contributed by atoms with E-state index in [0.29, 0.717) is 33.7 Å². The topological polar surface area (TPSA) is 83.1 Å². The highest BCUT2D eigenvalue weighted by atomic mass is 35.5. The number of rotatable bonds is 5. The molecular weight excluding hydrogens is 460 g/mol. The first kappa shape index (κ1) is 22.9. The van der Waals surface area contributed by atoms with Crippen LogP contribution in [0, 0.1) is 13.8 Å². The van der Waals surface area contributed by atoms with E-state index >= 15 is 0 Å². The number of likely N-dealkylation sites (N-methyl/N-ethyl adjacent to an activating group) is 1. The summed E-state index contributed by atoms with van der Waals surface area (Å²) in [5.41, 5.74) is 3.55. The Morgan fingerprint density at radius 2 is 1.97 bits per heavy atom. The maximum Gasteiger partial charge on any atom is 0.337 e. The third kappa shape index (κ3) is 4.74. The summed E-state index contributed by atoms with van der Waals surface area (Å²) in [6.45, 7) is 6.41. The van der Waals surface area contributed by atoms with Crippen molar-refractivity contribution in [1.29, 1.82) is 0 Å². The molecule has 6 nitrogen and oxygen atoms in total. The summed E-state index contributed by atoms with van der Waals surface area (Å²) in [5, 5.41) is 10.1. The van der Waals surface area contributed by atoms with Crippen molar-refractivity contribution in [1.82, 2.24) is 4.90 Å². The van der Waals surface area contributed by atoms with Crippen molar-refractivity contribution >= 4 is 52.2 Å². The number of carbonyl (C=O) groups is 2. The lowest BCUT2D eigenvalue weighted by molar-refractivity contribution is -0.122. The summed E-state index contributed by atoms with van der Waals surface area (Å²) in [6, 6.07) is 14.2. The zero-order chi connectivity index (χ0) is 23.7. The van der Waals surface area contributed by atoms with Gasteiger partial charge in [0.1, 0.15) is 11.5 Å². The van der Waals surface area contributed by atoms with Crippen LogP contribution < -0.4 is 0 Å². The number of amidine groups is 1. The summed E-state index contributed by atoms with van der Waals surface area (Å²) in [5.74, 6) is -0.284. The van der Waals surface area contributed by atoms with Gasteiger partial charge in [-0.1, -0.05) is 23.7 Å². The minimum Gasteiger partial charge on any atom is -0.478 e. The highest BCUT2D eigenvalue weighted by molar-refractivity contribution is 8.18. The Kier molecular flexibility index (Phi) is 6.44. The summed E-state index contributed by atoms with van der Waals surface area (Å²) >= 11 is 7.26. The number of halogens is 1. The predicted molar refractivity (Wildman–Crippen MR) is 132 cm³/mol. The minimum atomic E-state index is -1.11. The van der Waals surface area contributed by atoms with E-state index in [-0.39, 0.29) is 16.5 Å². The molecule has 8 heteroatoms. The number of benzene rings is 2. The second kappa shape index (κ2) is 9.29. The first-order valence-electron chi connectivity index (χ1n) is 10.3. The Morgan fingerprint density at radius 1 is 1.18 bits per heavy atom. The fourth-order valence-electron chi connectivity index (χ4n) is 3.37. The molecule has 0 saturated carbocycles. The van der Waals surface area contributed by atoms with Crippen LogP contribution in [0.25, 0.3) is 17.4 Å². The molecule has 0 unspecified atom stereocenters. The van der Waals surface area contributed by atoms with Crippen LogP contribution in [0.2, 0.25) is 5.02 Å². The number of carboxylic acid groups (broad SMARTS) is 1. The van der Waals surface area contributed by atoms with Crippen molar-refractivity contribution in [2.75, 3.05) is 6.54 Å². The molecule has 0 bridgehead atoms. The monoisotopic (exact) mass is 480 g/mol. The number of nitrogens with zero attached hydrogens (tertiary/aromatic N) is 2. The number of aliphatic imine (C=N–C) groups is 1. The summed E-state index contributed by atoms with van der Waals surface area (Å²) in [6.07, 6.45) is 1.68. The fourth-order valence-corrected chi connectivity index (χ4v) is 4.60. The van der Waals surface area contributed by atoms with Crippen LogP contribution in [0.15, 0.2) is 62.8 Å². The SMILES string of the molecule is CCN1C(=O)/C(=C\c2ccc(-c3ccc(Cl)c(C(=O)O)c3)o2)SC1=Nc1cc(C)ccc1C. The molecule has 33 heavy (non-hydrogen) atoms. The van der Waals surface area contributed by atoms with E-state index in [0.717, 1.165) is 16.8 Å². The Bertz CT molecular complexity index is 1330. The van der Waals surface area contributed by atoms with Crippen molar-refractivity contribution < 1.29 is 19.1 Å². The zero-order valence-corrected chi connectivity index (χ0v) is 19.8. The number of hydrogen-bond acceptors (Lipinski definition) is 5. The predicted octanol–water partition coefficient (Wildman–Crippen LogP) is 6.54. The van der Waals surface area contributed by atoms with Gasteiger partial charge in [0.05, 0.1) is 21.2 Å². The van der Waals surface area contributed by atoms with Gasteiger partial charge in [-0.05, 0) is 80.1 Å². The van der Waals surface area contributed by atoms with Crippen LogP contribution in [0.1, 0.15) is 34.2 Å². The molecule has 0 atom stereocenters. The molecule has 1 aliphatic heterocycles. The van der Waals surface area contributed by atoms with Crippen molar-refractivity contribution in [3.8, 4) is 11.3 Å². The molecule has 1 aromatic heterocycles. The van der Waals surface area contributed by atoms with Gasteiger partial charge >= 0.3 is 5.97 Å². The molecule has 1 fully saturated rings. The van der Waals surface area contributed by atoms with Gasteiger partial charge in [-0.25, -0.2) is 9.79 Å². The van der Waals surface area contributed by atoms with Gasteiger partial charge in [-0.15, -0.1) is 0 Å². The minimum absolute atomic E-state index is 0.00196. The molecule has 2 aromatic carbocycles. The van der Waals surface area contributed by atoms with Gasteiger partial charge in [0.2, 0.25) is 0 Å². The molecule has 1 aliphatic rings. The molecule has 1 N–H and O–H groups in total. The number of hydrogen-bond donors (Lipinski definition) is 1. The lowest BCUT2D eigenvalue weighted by atomic mass is 10.1. The molecule has 1 amide bonds. The molecule has 0 aliphatic carbocycles. The molecule has 0 spiro atoms. The lowest BCUT2D eigenvalue weighted by Gasteiger charge is -2.12. The molecular formula is C25H21ClN2O4S.